The third kappa shape index (κ3) is 6.37. The van der Waals surface area contributed by atoms with Gasteiger partial charge in [0.05, 0.1) is 5.56 Å². The predicted octanol–water partition coefficient (Wildman–Crippen LogP) is 6.34. The van der Waals surface area contributed by atoms with Crippen molar-refractivity contribution in [1.29, 1.82) is 0 Å². The first-order chi connectivity index (χ1) is 16.0. The second-order valence-electron chi connectivity index (χ2n) is 8.79. The van der Waals surface area contributed by atoms with E-state index in [0.29, 0.717) is 60.3 Å². The Labute approximate surface area is 208 Å². The number of halogens is 5. The lowest BCUT2D eigenvalue weighted by molar-refractivity contribution is -0.137. The Morgan fingerprint density at radius 1 is 1.09 bits per heavy atom. The molecule has 0 bridgehead atoms. The summed E-state index contributed by atoms with van der Waals surface area (Å²) < 4.78 is 40.1. The maximum atomic E-state index is 13.4. The van der Waals surface area contributed by atoms with Crippen molar-refractivity contribution in [3.63, 3.8) is 0 Å². The van der Waals surface area contributed by atoms with E-state index < -0.39 is 17.8 Å². The van der Waals surface area contributed by atoms with Crippen LogP contribution in [0.25, 0.3) is 0 Å². The van der Waals surface area contributed by atoms with Gasteiger partial charge in [-0.25, -0.2) is 0 Å². The summed E-state index contributed by atoms with van der Waals surface area (Å²) >= 11 is 12.1. The van der Waals surface area contributed by atoms with Gasteiger partial charge >= 0.3 is 6.18 Å². The van der Waals surface area contributed by atoms with Crippen LogP contribution in [0.5, 0.6) is 0 Å². The Balaban J connectivity index is 1.68. The van der Waals surface area contributed by atoms with Crippen molar-refractivity contribution in [2.45, 2.75) is 45.3 Å². The van der Waals surface area contributed by atoms with Crippen molar-refractivity contribution in [3.8, 4) is 0 Å². The summed E-state index contributed by atoms with van der Waals surface area (Å²) in [5.74, 6) is 0.0550. The molecule has 186 valence electrons. The van der Waals surface area contributed by atoms with E-state index in [1.54, 1.807) is 17.0 Å². The molecule has 1 aliphatic heterocycles. The highest BCUT2D eigenvalue weighted by atomic mass is 35.5. The first kappa shape index (κ1) is 26.6. The molecule has 1 heterocycles. The van der Waals surface area contributed by atoms with Crippen LogP contribution < -0.4 is 10.6 Å². The number of anilines is 1. The zero-order valence-electron chi connectivity index (χ0n) is 19.3. The van der Waals surface area contributed by atoms with Gasteiger partial charge in [-0.2, -0.15) is 13.2 Å². The third-order valence-corrected chi connectivity index (χ3v) is 7.15. The number of carbonyl (C=O) groups is 1. The van der Waals surface area contributed by atoms with Crippen LogP contribution in [-0.4, -0.2) is 37.0 Å². The maximum absolute atomic E-state index is 13.4. The summed E-state index contributed by atoms with van der Waals surface area (Å²) in [7, 11) is 0. The molecule has 0 aromatic heterocycles. The predicted molar refractivity (Wildman–Crippen MR) is 131 cm³/mol. The van der Waals surface area contributed by atoms with Crippen LogP contribution in [0.1, 0.15) is 49.4 Å². The highest BCUT2D eigenvalue weighted by Gasteiger charge is 2.33. The number of aryl methyl sites for hydroxylation is 1. The Morgan fingerprint density at radius 3 is 2.35 bits per heavy atom. The van der Waals surface area contributed by atoms with Gasteiger partial charge in [0, 0.05) is 54.4 Å². The second-order valence-corrected chi connectivity index (χ2v) is 9.63. The Kier molecular flexibility index (Phi) is 8.77. The first-order valence-corrected chi connectivity index (χ1v) is 12.2. The van der Waals surface area contributed by atoms with Gasteiger partial charge < -0.3 is 15.5 Å². The monoisotopic (exact) mass is 515 g/mol. The molecular weight excluding hydrogens is 486 g/mol. The molecule has 2 atom stereocenters. The van der Waals surface area contributed by atoms with Crippen molar-refractivity contribution >= 4 is 34.8 Å². The molecule has 2 aromatic carbocycles. The summed E-state index contributed by atoms with van der Waals surface area (Å²) in [6, 6.07) is 8.52. The highest BCUT2D eigenvalue weighted by Crippen LogP contribution is 2.37. The minimum absolute atomic E-state index is 0.0228. The van der Waals surface area contributed by atoms with Crippen molar-refractivity contribution < 1.29 is 18.0 Å². The smallest absolute Gasteiger partial charge is 0.368 e. The maximum Gasteiger partial charge on any atom is 0.416 e. The number of hydrogen-bond donors (Lipinski definition) is 1. The Bertz CT molecular complexity index is 1010. The highest BCUT2D eigenvalue weighted by molar-refractivity contribution is 6.35. The van der Waals surface area contributed by atoms with Crippen molar-refractivity contribution in [3.05, 3.63) is 63.1 Å². The zero-order valence-corrected chi connectivity index (χ0v) is 20.9. The van der Waals surface area contributed by atoms with E-state index in [2.05, 4.69) is 0 Å². The molecule has 1 amide bonds. The standard InChI is InChI=1S/C25H30Cl2F3N3O/c1-3-16(2)24(31)20-14-18(25(28,29)30)6-8-22(20)32-10-12-33(13-11-32)23(34)9-5-17-4-7-19(26)15-21(17)27/h4,6-8,14-16,24H,3,5,9-13,31H2,1-2H3/t16-,24?/m0/s1. The molecule has 1 saturated heterocycles. The van der Waals surface area contributed by atoms with Gasteiger partial charge in [0.2, 0.25) is 5.91 Å². The molecular formula is C25H30Cl2F3N3O. The third-order valence-electron chi connectivity index (χ3n) is 6.57. The summed E-state index contributed by atoms with van der Waals surface area (Å²) in [4.78, 5) is 16.6. The second kappa shape index (κ2) is 11.2. The number of carbonyl (C=O) groups excluding carboxylic acids is 1. The molecule has 0 spiro atoms. The van der Waals surface area contributed by atoms with Crippen LogP contribution in [0.4, 0.5) is 18.9 Å². The number of nitrogens with zero attached hydrogens (tertiary/aromatic N) is 2. The molecule has 1 aliphatic rings. The van der Waals surface area contributed by atoms with Crippen LogP contribution in [-0.2, 0) is 17.4 Å². The molecule has 1 unspecified atom stereocenters. The van der Waals surface area contributed by atoms with E-state index >= 15 is 0 Å². The van der Waals surface area contributed by atoms with Gasteiger partial charge in [-0.15, -0.1) is 0 Å². The van der Waals surface area contributed by atoms with Crippen LogP contribution in [0, 0.1) is 5.92 Å². The number of nitrogens with two attached hydrogens (primary N) is 1. The van der Waals surface area contributed by atoms with E-state index in [9.17, 15) is 18.0 Å². The first-order valence-electron chi connectivity index (χ1n) is 11.4. The lowest BCUT2D eigenvalue weighted by Gasteiger charge is -2.38. The van der Waals surface area contributed by atoms with E-state index in [4.69, 9.17) is 28.9 Å². The number of amides is 1. The molecule has 3 rings (SSSR count). The van der Waals surface area contributed by atoms with Gasteiger partial charge in [0.15, 0.2) is 0 Å². The van der Waals surface area contributed by atoms with Gasteiger partial charge in [-0.3, -0.25) is 4.79 Å². The number of rotatable bonds is 7. The van der Waals surface area contributed by atoms with Crippen molar-refractivity contribution in [1.82, 2.24) is 4.90 Å². The van der Waals surface area contributed by atoms with Crippen molar-refractivity contribution in [2.24, 2.45) is 11.7 Å². The molecule has 34 heavy (non-hydrogen) atoms. The quantitative estimate of drug-likeness (QED) is 0.467. The van der Waals surface area contributed by atoms with E-state index in [-0.39, 0.29) is 11.8 Å². The average molecular weight is 516 g/mol. The molecule has 0 saturated carbocycles. The fourth-order valence-electron chi connectivity index (χ4n) is 4.17. The SMILES string of the molecule is CC[C@H](C)C(N)c1cc(C(F)(F)F)ccc1N1CCN(C(=O)CCc2ccc(Cl)cc2Cl)CC1. The molecule has 4 nitrogen and oxygen atoms in total. The summed E-state index contributed by atoms with van der Waals surface area (Å²) in [6.07, 6.45) is -2.83. The fourth-order valence-corrected chi connectivity index (χ4v) is 4.67. The van der Waals surface area contributed by atoms with Crippen LogP contribution >= 0.6 is 23.2 Å². The Morgan fingerprint density at radius 2 is 1.76 bits per heavy atom. The topological polar surface area (TPSA) is 49.6 Å². The van der Waals surface area contributed by atoms with Crippen LogP contribution in [0.3, 0.4) is 0 Å². The number of alkyl halides is 3. The molecule has 0 aliphatic carbocycles. The molecule has 9 heteroatoms. The van der Waals surface area contributed by atoms with E-state index in [1.165, 1.54) is 12.1 Å². The fraction of sp³-hybridized carbons (Fsp3) is 0.480. The summed E-state index contributed by atoms with van der Waals surface area (Å²) in [5.41, 5.74) is 7.77. The van der Waals surface area contributed by atoms with Crippen LogP contribution in [0.2, 0.25) is 10.0 Å². The van der Waals surface area contributed by atoms with Gasteiger partial charge in [-0.1, -0.05) is 49.5 Å². The molecule has 2 N–H and O–H groups in total. The molecule has 0 radical (unpaired) electrons. The van der Waals surface area contributed by atoms with E-state index in [1.807, 2.05) is 24.8 Å². The average Bonchev–Trinajstić information content (AvgIpc) is 2.81. The number of hydrogen-bond acceptors (Lipinski definition) is 3. The summed E-state index contributed by atoms with van der Waals surface area (Å²) in [5, 5.41) is 1.09. The Hall–Kier alpha value is -1.96. The molecule has 1 fully saturated rings. The lowest BCUT2D eigenvalue weighted by Crippen LogP contribution is -2.49. The largest absolute Gasteiger partial charge is 0.416 e. The number of benzene rings is 2. The van der Waals surface area contributed by atoms with Gasteiger partial charge in [0.1, 0.15) is 0 Å². The molecule has 2 aromatic rings. The number of piperazine rings is 1. The lowest BCUT2D eigenvalue weighted by atomic mass is 9.90. The summed E-state index contributed by atoms with van der Waals surface area (Å²) in [6.45, 7) is 5.95. The van der Waals surface area contributed by atoms with Gasteiger partial charge in [0.25, 0.3) is 0 Å². The van der Waals surface area contributed by atoms with Crippen LogP contribution in [0.15, 0.2) is 36.4 Å². The normalized spacial score (nSPS) is 16.5. The zero-order chi connectivity index (χ0) is 25.0. The minimum Gasteiger partial charge on any atom is -0.368 e. The van der Waals surface area contributed by atoms with Gasteiger partial charge in [-0.05, 0) is 53.8 Å². The van der Waals surface area contributed by atoms with E-state index in [0.717, 1.165) is 18.1 Å². The van der Waals surface area contributed by atoms with Crippen molar-refractivity contribution in [2.75, 3.05) is 31.1 Å². The minimum atomic E-state index is -4.43.